The minimum atomic E-state index is -0.248. The van der Waals surface area contributed by atoms with Crippen molar-refractivity contribution >= 4 is 0 Å². The van der Waals surface area contributed by atoms with E-state index in [9.17, 15) is 0 Å². The lowest BCUT2D eigenvalue weighted by atomic mass is 9.80. The third kappa shape index (κ3) is 3.12. The maximum absolute atomic E-state index is 6.78. The number of rotatable bonds is 7. The van der Waals surface area contributed by atoms with E-state index in [0.717, 1.165) is 25.9 Å². The van der Waals surface area contributed by atoms with Crippen LogP contribution in [0.1, 0.15) is 46.1 Å². The molecule has 0 saturated carbocycles. The summed E-state index contributed by atoms with van der Waals surface area (Å²) in [6.07, 6.45) is 2.13. The maximum Gasteiger partial charge on any atom is 0.0564 e. The van der Waals surface area contributed by atoms with E-state index in [1.807, 2.05) is 0 Å². The summed E-state index contributed by atoms with van der Waals surface area (Å²) in [6.45, 7) is 11.0. The van der Waals surface area contributed by atoms with E-state index in [1.165, 1.54) is 5.56 Å². The zero-order valence-electron chi connectivity index (χ0n) is 12.3. The van der Waals surface area contributed by atoms with E-state index in [4.69, 9.17) is 5.73 Å². The molecule has 0 radical (unpaired) electrons. The van der Waals surface area contributed by atoms with Gasteiger partial charge in [0, 0.05) is 6.04 Å². The van der Waals surface area contributed by atoms with Gasteiger partial charge in [-0.2, -0.15) is 0 Å². The predicted octanol–water partition coefficient (Wildman–Crippen LogP) is 3.37. The molecule has 2 N–H and O–H groups in total. The Hall–Kier alpha value is -0.860. The first-order chi connectivity index (χ1) is 8.60. The van der Waals surface area contributed by atoms with Gasteiger partial charge in [0.05, 0.1) is 5.54 Å². The highest BCUT2D eigenvalue weighted by molar-refractivity contribution is 5.26. The molecular weight excluding hydrogens is 220 g/mol. The van der Waals surface area contributed by atoms with Crippen LogP contribution in [-0.4, -0.2) is 24.0 Å². The van der Waals surface area contributed by atoms with Crippen LogP contribution >= 0.6 is 0 Å². The fraction of sp³-hybridized carbons (Fsp3) is 0.625. The van der Waals surface area contributed by atoms with Crippen molar-refractivity contribution in [1.82, 2.24) is 4.90 Å². The highest BCUT2D eigenvalue weighted by Crippen LogP contribution is 2.30. The van der Waals surface area contributed by atoms with Crippen molar-refractivity contribution < 1.29 is 0 Å². The van der Waals surface area contributed by atoms with Crippen molar-refractivity contribution in [3.63, 3.8) is 0 Å². The molecular formula is C16H28N2. The molecule has 0 spiro atoms. The second-order valence-electron chi connectivity index (χ2n) is 5.05. The zero-order chi connectivity index (χ0) is 13.6. The van der Waals surface area contributed by atoms with Crippen molar-refractivity contribution in [3.8, 4) is 0 Å². The van der Waals surface area contributed by atoms with Crippen LogP contribution in [0.15, 0.2) is 30.3 Å². The van der Waals surface area contributed by atoms with E-state index in [-0.39, 0.29) is 5.54 Å². The first kappa shape index (κ1) is 15.2. The summed E-state index contributed by atoms with van der Waals surface area (Å²) in [5.41, 5.74) is 7.79. The number of nitrogens with two attached hydrogens (primary N) is 1. The van der Waals surface area contributed by atoms with Crippen molar-refractivity contribution in [3.05, 3.63) is 35.9 Å². The van der Waals surface area contributed by atoms with Gasteiger partial charge in [-0.3, -0.25) is 4.90 Å². The lowest BCUT2D eigenvalue weighted by Gasteiger charge is -2.42. The quantitative estimate of drug-likeness (QED) is 0.801. The van der Waals surface area contributed by atoms with E-state index in [1.54, 1.807) is 0 Å². The molecule has 2 atom stereocenters. The molecule has 0 aromatic heterocycles. The topological polar surface area (TPSA) is 29.3 Å². The van der Waals surface area contributed by atoms with Crippen LogP contribution in [0.2, 0.25) is 0 Å². The third-order valence-electron chi connectivity index (χ3n) is 4.08. The van der Waals surface area contributed by atoms with Crippen molar-refractivity contribution in [2.45, 2.75) is 52.1 Å². The second-order valence-corrected chi connectivity index (χ2v) is 5.05. The largest absolute Gasteiger partial charge is 0.320 e. The Labute approximate surface area is 112 Å². The molecule has 2 unspecified atom stereocenters. The normalized spacial score (nSPS) is 16.6. The molecule has 18 heavy (non-hydrogen) atoms. The number of hydrogen-bond donors (Lipinski definition) is 1. The van der Waals surface area contributed by atoms with E-state index < -0.39 is 0 Å². The summed E-state index contributed by atoms with van der Waals surface area (Å²) in [5, 5.41) is 0. The molecule has 0 fully saturated rings. The first-order valence-corrected chi connectivity index (χ1v) is 7.18. The third-order valence-corrected chi connectivity index (χ3v) is 4.08. The number of hydrogen-bond acceptors (Lipinski definition) is 2. The molecule has 0 aliphatic heterocycles. The van der Waals surface area contributed by atoms with E-state index >= 15 is 0 Å². The van der Waals surface area contributed by atoms with Crippen LogP contribution in [-0.2, 0) is 5.54 Å². The van der Waals surface area contributed by atoms with Gasteiger partial charge in [0.1, 0.15) is 0 Å². The van der Waals surface area contributed by atoms with Crippen LogP contribution in [0.4, 0.5) is 0 Å². The molecule has 0 aliphatic rings. The Morgan fingerprint density at radius 2 is 1.67 bits per heavy atom. The van der Waals surface area contributed by atoms with Gasteiger partial charge in [0.25, 0.3) is 0 Å². The Balaban J connectivity index is 3.06. The van der Waals surface area contributed by atoms with Crippen LogP contribution in [0, 0.1) is 0 Å². The van der Waals surface area contributed by atoms with Gasteiger partial charge in [0.2, 0.25) is 0 Å². The SMILES string of the molecule is CCCC(N)(c1ccccc1)C(C)N(CC)CC. The highest BCUT2D eigenvalue weighted by atomic mass is 15.2. The van der Waals surface area contributed by atoms with Crippen molar-refractivity contribution in [2.75, 3.05) is 13.1 Å². The molecule has 1 rings (SSSR count). The monoisotopic (exact) mass is 248 g/mol. The lowest BCUT2D eigenvalue weighted by molar-refractivity contribution is 0.135. The summed E-state index contributed by atoms with van der Waals surface area (Å²) in [6, 6.07) is 10.9. The molecule has 1 aromatic rings. The van der Waals surface area contributed by atoms with Gasteiger partial charge in [-0.15, -0.1) is 0 Å². The van der Waals surface area contributed by atoms with Crippen LogP contribution in [0.3, 0.4) is 0 Å². The Bertz CT molecular complexity index is 332. The Morgan fingerprint density at radius 1 is 1.11 bits per heavy atom. The molecule has 102 valence electrons. The maximum atomic E-state index is 6.78. The molecule has 1 aromatic carbocycles. The summed E-state index contributed by atoms with van der Waals surface area (Å²) in [4.78, 5) is 2.45. The minimum absolute atomic E-state index is 0.248. The van der Waals surface area contributed by atoms with Gasteiger partial charge in [-0.1, -0.05) is 57.5 Å². The Morgan fingerprint density at radius 3 is 2.11 bits per heavy atom. The summed E-state index contributed by atoms with van der Waals surface area (Å²) in [7, 11) is 0. The number of benzene rings is 1. The molecule has 0 bridgehead atoms. The summed E-state index contributed by atoms with van der Waals surface area (Å²) < 4.78 is 0. The van der Waals surface area contributed by atoms with Crippen LogP contribution in [0.5, 0.6) is 0 Å². The summed E-state index contributed by atoms with van der Waals surface area (Å²) in [5.74, 6) is 0. The van der Waals surface area contributed by atoms with Crippen molar-refractivity contribution in [1.29, 1.82) is 0 Å². The average molecular weight is 248 g/mol. The van der Waals surface area contributed by atoms with E-state index in [0.29, 0.717) is 6.04 Å². The predicted molar refractivity (Wildman–Crippen MR) is 79.6 cm³/mol. The van der Waals surface area contributed by atoms with Gasteiger partial charge >= 0.3 is 0 Å². The van der Waals surface area contributed by atoms with Gasteiger partial charge < -0.3 is 5.73 Å². The molecule has 0 amide bonds. The average Bonchev–Trinajstić information content (AvgIpc) is 2.41. The first-order valence-electron chi connectivity index (χ1n) is 7.18. The Kier molecular flexibility index (Phi) is 5.83. The van der Waals surface area contributed by atoms with Gasteiger partial charge in [-0.05, 0) is 32.0 Å². The van der Waals surface area contributed by atoms with Gasteiger partial charge in [0.15, 0.2) is 0 Å². The molecule has 2 heteroatoms. The molecule has 0 heterocycles. The molecule has 0 aliphatic carbocycles. The zero-order valence-corrected chi connectivity index (χ0v) is 12.3. The number of nitrogens with zero attached hydrogens (tertiary/aromatic N) is 1. The molecule has 0 saturated heterocycles. The van der Waals surface area contributed by atoms with Crippen LogP contribution in [0.25, 0.3) is 0 Å². The van der Waals surface area contributed by atoms with Crippen LogP contribution < -0.4 is 5.73 Å². The standard InChI is InChI=1S/C16H28N2/c1-5-13-16(17,14(4)18(6-2)7-3)15-11-9-8-10-12-15/h8-12,14H,5-7,13,17H2,1-4H3. The molecule has 2 nitrogen and oxygen atoms in total. The number of likely N-dealkylation sites (N-methyl/N-ethyl adjacent to an activating group) is 1. The highest BCUT2D eigenvalue weighted by Gasteiger charge is 2.35. The lowest BCUT2D eigenvalue weighted by Crippen LogP contribution is -2.54. The fourth-order valence-corrected chi connectivity index (χ4v) is 2.85. The second kappa shape index (κ2) is 6.91. The summed E-state index contributed by atoms with van der Waals surface area (Å²) >= 11 is 0. The van der Waals surface area contributed by atoms with E-state index in [2.05, 4.69) is 62.9 Å². The fourth-order valence-electron chi connectivity index (χ4n) is 2.85. The minimum Gasteiger partial charge on any atom is -0.320 e. The van der Waals surface area contributed by atoms with Crippen molar-refractivity contribution in [2.24, 2.45) is 5.73 Å². The smallest absolute Gasteiger partial charge is 0.0564 e. The van der Waals surface area contributed by atoms with Gasteiger partial charge in [-0.25, -0.2) is 0 Å².